The molecule has 0 aliphatic carbocycles. The summed E-state index contributed by atoms with van der Waals surface area (Å²) in [5, 5.41) is 8.44. The fraction of sp³-hybridized carbons (Fsp3) is 0.167. The van der Waals surface area contributed by atoms with Gasteiger partial charge >= 0.3 is 0 Å². The highest BCUT2D eigenvalue weighted by Gasteiger charge is 2.21. The van der Waals surface area contributed by atoms with E-state index in [0.29, 0.717) is 13.1 Å². The van der Waals surface area contributed by atoms with E-state index < -0.39 is 30.0 Å². The van der Waals surface area contributed by atoms with E-state index in [0.717, 1.165) is 23.8 Å². The van der Waals surface area contributed by atoms with Gasteiger partial charge in [-0.15, -0.1) is 0 Å². The Morgan fingerprint density at radius 3 is 2.06 bits per heavy atom. The summed E-state index contributed by atoms with van der Waals surface area (Å²) in [6, 6.07) is 11.9. The molecule has 0 atom stereocenters. The Labute approximate surface area is 190 Å². The molecule has 33 heavy (non-hydrogen) atoms. The fourth-order valence-corrected chi connectivity index (χ4v) is 3.80. The maximum atomic E-state index is 11.8. The molecule has 7 N–H and O–H groups in total. The van der Waals surface area contributed by atoms with Gasteiger partial charge in [0.05, 0.1) is 10.6 Å². The fourth-order valence-electron chi connectivity index (χ4n) is 2.66. The van der Waals surface area contributed by atoms with E-state index in [2.05, 4.69) is 30.9 Å². The maximum Gasteiger partial charge on any atom is 0.296 e. The van der Waals surface area contributed by atoms with Crippen molar-refractivity contribution < 1.29 is 25.9 Å². The van der Waals surface area contributed by atoms with Crippen molar-refractivity contribution in [1.82, 2.24) is 15.0 Å². The molecule has 0 unspecified atom stereocenters. The molecule has 15 heteroatoms. The molecule has 0 aliphatic rings. The second-order valence-corrected chi connectivity index (χ2v) is 9.41. The number of anilines is 4. The lowest BCUT2D eigenvalue weighted by atomic mass is 10.2. The first-order valence-corrected chi connectivity index (χ1v) is 12.3. The van der Waals surface area contributed by atoms with Crippen LogP contribution in [0, 0.1) is 0 Å². The van der Waals surface area contributed by atoms with Crippen LogP contribution in [0.25, 0.3) is 0 Å². The van der Waals surface area contributed by atoms with Crippen LogP contribution in [-0.2, 0) is 26.8 Å². The molecule has 1 aromatic heterocycles. The molecule has 13 nitrogen and oxygen atoms in total. The highest BCUT2D eigenvalue weighted by atomic mass is 32.2. The Morgan fingerprint density at radius 2 is 1.45 bits per heavy atom. The number of aromatic nitrogens is 3. The van der Waals surface area contributed by atoms with Crippen LogP contribution in [0.5, 0.6) is 0 Å². The summed E-state index contributed by atoms with van der Waals surface area (Å²) in [5.74, 6) is 0.0561. The van der Waals surface area contributed by atoms with E-state index in [9.17, 15) is 25.9 Å². The van der Waals surface area contributed by atoms with Crippen molar-refractivity contribution in [3.63, 3.8) is 0 Å². The Balaban J connectivity index is 1.99. The summed E-state index contributed by atoms with van der Waals surface area (Å²) >= 11 is 0. The summed E-state index contributed by atoms with van der Waals surface area (Å²) in [6.45, 7) is 0.982. The summed E-state index contributed by atoms with van der Waals surface area (Å²) in [4.78, 5) is 11.2. The SMILES string of the molecule is NCCNc1nc(NCc2ccccc2)nc(Nc2cc(S(=O)(=O)O)ccc2S(=O)(=O)O)n1. The lowest BCUT2D eigenvalue weighted by Crippen LogP contribution is -2.17. The zero-order chi connectivity index (χ0) is 24.1. The van der Waals surface area contributed by atoms with Gasteiger partial charge < -0.3 is 21.7 Å². The molecule has 0 radical (unpaired) electrons. The van der Waals surface area contributed by atoms with Gasteiger partial charge in [-0.3, -0.25) is 9.11 Å². The van der Waals surface area contributed by atoms with E-state index in [-0.39, 0.29) is 30.1 Å². The van der Waals surface area contributed by atoms with Crippen molar-refractivity contribution in [3.05, 3.63) is 54.1 Å². The number of nitrogens with one attached hydrogen (secondary N) is 3. The van der Waals surface area contributed by atoms with Crippen LogP contribution < -0.4 is 21.7 Å². The molecule has 2 aromatic carbocycles. The number of hydrogen-bond donors (Lipinski definition) is 6. The van der Waals surface area contributed by atoms with Crippen LogP contribution in [0.1, 0.15) is 5.56 Å². The molecule has 3 aromatic rings. The first kappa shape index (κ1) is 24.3. The third kappa shape index (κ3) is 6.80. The van der Waals surface area contributed by atoms with Gasteiger partial charge in [-0.1, -0.05) is 30.3 Å². The minimum absolute atomic E-state index is 0.104. The summed E-state index contributed by atoms with van der Waals surface area (Å²) < 4.78 is 65.3. The van der Waals surface area contributed by atoms with Crippen LogP contribution in [0.4, 0.5) is 23.5 Å². The zero-order valence-corrected chi connectivity index (χ0v) is 18.6. The van der Waals surface area contributed by atoms with E-state index >= 15 is 0 Å². The average Bonchev–Trinajstić information content (AvgIpc) is 2.75. The molecule has 0 aliphatic heterocycles. The average molecular weight is 496 g/mol. The molecule has 0 spiro atoms. The summed E-state index contributed by atoms with van der Waals surface area (Å²) in [6.07, 6.45) is 0. The molecular formula is C18H21N7O6S2. The number of nitrogens with two attached hydrogens (primary N) is 1. The van der Waals surface area contributed by atoms with Crippen LogP contribution in [0.15, 0.2) is 58.3 Å². The predicted octanol–water partition coefficient (Wildman–Crippen LogP) is 1.09. The van der Waals surface area contributed by atoms with Gasteiger partial charge in [0.1, 0.15) is 4.90 Å². The van der Waals surface area contributed by atoms with Crippen LogP contribution >= 0.6 is 0 Å². The summed E-state index contributed by atoms with van der Waals surface area (Å²) in [5.41, 5.74) is 6.06. The predicted molar refractivity (Wildman–Crippen MR) is 120 cm³/mol. The van der Waals surface area contributed by atoms with Crippen molar-refractivity contribution in [2.45, 2.75) is 16.3 Å². The van der Waals surface area contributed by atoms with Crippen molar-refractivity contribution in [1.29, 1.82) is 0 Å². The topological polar surface area (TPSA) is 210 Å². The van der Waals surface area contributed by atoms with E-state index in [1.54, 1.807) is 0 Å². The Morgan fingerprint density at radius 1 is 0.818 bits per heavy atom. The first-order valence-electron chi connectivity index (χ1n) is 9.40. The lowest BCUT2D eigenvalue weighted by Gasteiger charge is -2.13. The molecular weight excluding hydrogens is 474 g/mol. The minimum atomic E-state index is -4.75. The van der Waals surface area contributed by atoms with Gasteiger partial charge in [0, 0.05) is 19.6 Å². The minimum Gasteiger partial charge on any atom is -0.353 e. The zero-order valence-electron chi connectivity index (χ0n) is 17.0. The Kier molecular flexibility index (Phi) is 7.39. The monoisotopic (exact) mass is 495 g/mol. The Bertz CT molecular complexity index is 1340. The largest absolute Gasteiger partial charge is 0.353 e. The van der Waals surface area contributed by atoms with Gasteiger partial charge in [0.25, 0.3) is 20.2 Å². The molecule has 0 saturated heterocycles. The molecule has 0 saturated carbocycles. The maximum absolute atomic E-state index is 11.8. The third-order valence-electron chi connectivity index (χ3n) is 4.13. The number of rotatable bonds is 10. The molecule has 1 heterocycles. The van der Waals surface area contributed by atoms with Gasteiger partial charge in [-0.2, -0.15) is 31.8 Å². The van der Waals surface area contributed by atoms with Crippen molar-refractivity contribution in [2.24, 2.45) is 5.73 Å². The van der Waals surface area contributed by atoms with Gasteiger partial charge in [0.2, 0.25) is 17.8 Å². The van der Waals surface area contributed by atoms with Crippen molar-refractivity contribution in [2.75, 3.05) is 29.0 Å². The molecule has 176 valence electrons. The summed E-state index contributed by atoms with van der Waals surface area (Å²) in [7, 11) is -9.41. The molecule has 0 fully saturated rings. The number of benzene rings is 2. The van der Waals surface area contributed by atoms with Crippen LogP contribution in [0.2, 0.25) is 0 Å². The normalized spacial score (nSPS) is 11.7. The quantitative estimate of drug-likeness (QED) is 0.218. The van der Waals surface area contributed by atoms with E-state index in [4.69, 9.17) is 5.73 Å². The molecule has 0 bridgehead atoms. The van der Waals surface area contributed by atoms with E-state index in [1.807, 2.05) is 30.3 Å². The lowest BCUT2D eigenvalue weighted by molar-refractivity contribution is 0.479. The number of hydrogen-bond acceptors (Lipinski definition) is 11. The van der Waals surface area contributed by atoms with Gasteiger partial charge in [-0.25, -0.2) is 0 Å². The highest BCUT2D eigenvalue weighted by Crippen LogP contribution is 2.27. The van der Waals surface area contributed by atoms with Crippen molar-refractivity contribution >= 4 is 43.8 Å². The standard InChI is InChI=1S/C18H21N7O6S2/c19-8-9-20-16-23-17(21-11-12-4-2-1-3-5-12)25-18(24-16)22-14-10-13(32(26,27)28)6-7-15(14)33(29,30)31/h1-7,10H,8-9,11,19H2,(H,26,27,28)(H,29,30,31)(H3,20,21,22,23,24,25). The highest BCUT2D eigenvalue weighted by molar-refractivity contribution is 7.86. The first-order chi connectivity index (χ1) is 15.6. The Hall–Kier alpha value is -3.37. The molecule has 0 amide bonds. The van der Waals surface area contributed by atoms with Gasteiger partial charge in [0.15, 0.2) is 0 Å². The smallest absolute Gasteiger partial charge is 0.296 e. The molecule has 3 rings (SSSR count). The van der Waals surface area contributed by atoms with E-state index in [1.165, 1.54) is 0 Å². The van der Waals surface area contributed by atoms with Crippen LogP contribution in [0.3, 0.4) is 0 Å². The van der Waals surface area contributed by atoms with Crippen molar-refractivity contribution in [3.8, 4) is 0 Å². The third-order valence-corrected chi connectivity index (χ3v) is 5.89. The second kappa shape index (κ2) is 10.1. The van der Waals surface area contributed by atoms with Gasteiger partial charge in [-0.05, 0) is 23.8 Å². The number of nitrogens with zero attached hydrogens (tertiary/aromatic N) is 3. The van der Waals surface area contributed by atoms with Crippen LogP contribution in [-0.4, -0.2) is 54.0 Å². The second-order valence-electron chi connectivity index (χ2n) is 6.59.